The van der Waals surface area contributed by atoms with Crippen LogP contribution in [0.2, 0.25) is 0 Å². The van der Waals surface area contributed by atoms with E-state index >= 15 is 0 Å². The summed E-state index contributed by atoms with van der Waals surface area (Å²) in [4.78, 5) is 45.1. The van der Waals surface area contributed by atoms with Crippen LogP contribution in [0.25, 0.3) is 0 Å². The van der Waals surface area contributed by atoms with Crippen molar-refractivity contribution >= 4 is 23.6 Å². The number of rotatable bonds is 9. The average Bonchev–Trinajstić information content (AvgIpc) is 2.87. The summed E-state index contributed by atoms with van der Waals surface area (Å²) in [6.45, 7) is 12.5. The van der Waals surface area contributed by atoms with Crippen molar-refractivity contribution in [3.63, 3.8) is 0 Å². The first-order chi connectivity index (χ1) is 18.3. The Kier molecular flexibility index (Phi) is 9.88. The fourth-order valence-corrected chi connectivity index (χ4v) is 5.11. The highest BCUT2D eigenvalue weighted by Gasteiger charge is 2.44. The summed E-state index contributed by atoms with van der Waals surface area (Å²) < 4.78 is 16.6. The van der Waals surface area contributed by atoms with Gasteiger partial charge in [0.25, 0.3) is 11.8 Å². The van der Waals surface area contributed by atoms with E-state index in [1.807, 2.05) is 39.5 Å². The first kappa shape index (κ1) is 30.7. The lowest BCUT2D eigenvalue weighted by atomic mass is 9.99. The molecule has 218 valence electrons. The van der Waals surface area contributed by atoms with Gasteiger partial charge in [0.15, 0.2) is 0 Å². The second-order valence-electron chi connectivity index (χ2n) is 11.9. The van der Waals surface area contributed by atoms with Gasteiger partial charge in [-0.2, -0.15) is 0 Å². The third-order valence-corrected chi connectivity index (χ3v) is 7.04. The zero-order valence-corrected chi connectivity index (χ0v) is 24.5. The number of carbonyl (C=O) groups excluding carboxylic acids is 3. The first-order valence-corrected chi connectivity index (χ1v) is 13.9. The van der Waals surface area contributed by atoms with Crippen LogP contribution in [0.4, 0.5) is 10.5 Å². The van der Waals surface area contributed by atoms with E-state index in [-0.39, 0.29) is 30.0 Å². The minimum absolute atomic E-state index is 0.113. The van der Waals surface area contributed by atoms with Crippen molar-refractivity contribution < 1.29 is 33.7 Å². The van der Waals surface area contributed by atoms with Crippen LogP contribution in [0, 0.1) is 0 Å². The number of ether oxygens (including phenoxy) is 3. The molecule has 2 aliphatic heterocycles. The molecule has 10 heteroatoms. The third kappa shape index (κ3) is 7.22. The molecule has 39 heavy (non-hydrogen) atoms. The number of aliphatic hydroxyl groups excluding tert-OH is 1. The lowest BCUT2D eigenvalue weighted by Gasteiger charge is -2.42. The van der Waals surface area contributed by atoms with Crippen LogP contribution in [-0.2, 0) is 14.3 Å². The Morgan fingerprint density at radius 1 is 1.26 bits per heavy atom. The van der Waals surface area contributed by atoms with E-state index in [1.54, 1.807) is 42.0 Å². The molecule has 0 spiro atoms. The predicted molar refractivity (Wildman–Crippen MR) is 148 cm³/mol. The molecule has 2 atom stereocenters. The normalized spacial score (nSPS) is 21.5. The van der Waals surface area contributed by atoms with E-state index < -0.39 is 17.8 Å². The summed E-state index contributed by atoms with van der Waals surface area (Å²) in [6, 6.07) is 4.81. The Hall–Kier alpha value is -2.85. The largest absolute Gasteiger partial charge is 0.473 e. The van der Waals surface area contributed by atoms with Crippen molar-refractivity contribution in [2.75, 3.05) is 44.9 Å². The van der Waals surface area contributed by atoms with Gasteiger partial charge in [-0.1, -0.05) is 0 Å². The maximum absolute atomic E-state index is 13.9. The average molecular weight is 548 g/mol. The Morgan fingerprint density at radius 2 is 1.97 bits per heavy atom. The molecule has 0 radical (unpaired) electrons. The minimum Gasteiger partial charge on any atom is -0.473 e. The number of hydrogen-bond donors (Lipinski definition) is 1. The molecule has 0 saturated carbocycles. The van der Waals surface area contributed by atoms with Crippen molar-refractivity contribution in [1.82, 2.24) is 9.80 Å². The second-order valence-corrected chi connectivity index (χ2v) is 11.9. The lowest BCUT2D eigenvalue weighted by Crippen LogP contribution is -2.57. The standard InChI is InChI=1S/C29H45N3O7/c1-20(2)32(22-11-10-14-30(18-22)27(36)39-28(3,4)5)25(34)21-12-13-24-23(17-21)31(15-8-9-16-37-7)26(35)29(6,19-33)38-24/h12-13,17,20,22,33H,8-11,14-16,18-19H2,1-7H3/t22-,29?/m1/s1. The number of fused-ring (bicyclic) bond motifs is 1. The Balaban J connectivity index is 1.88. The van der Waals surface area contributed by atoms with Crippen molar-refractivity contribution in [2.24, 2.45) is 0 Å². The number of aliphatic hydroxyl groups is 1. The molecule has 1 aromatic carbocycles. The predicted octanol–water partition coefficient (Wildman–Crippen LogP) is 3.84. The van der Waals surface area contributed by atoms with Gasteiger partial charge in [-0.05, 0) is 85.4 Å². The molecular formula is C29H45N3O7. The summed E-state index contributed by atoms with van der Waals surface area (Å²) in [5.41, 5.74) is -1.04. The summed E-state index contributed by atoms with van der Waals surface area (Å²) >= 11 is 0. The van der Waals surface area contributed by atoms with Gasteiger partial charge < -0.3 is 34.0 Å². The fourth-order valence-electron chi connectivity index (χ4n) is 5.11. The van der Waals surface area contributed by atoms with Gasteiger partial charge in [-0.3, -0.25) is 9.59 Å². The van der Waals surface area contributed by atoms with E-state index in [0.29, 0.717) is 49.7 Å². The van der Waals surface area contributed by atoms with Crippen LogP contribution >= 0.6 is 0 Å². The van der Waals surface area contributed by atoms with E-state index in [9.17, 15) is 19.5 Å². The number of anilines is 1. The molecule has 2 aliphatic rings. The number of hydrogen-bond acceptors (Lipinski definition) is 7. The maximum atomic E-state index is 13.9. The maximum Gasteiger partial charge on any atom is 0.410 e. The van der Waals surface area contributed by atoms with Gasteiger partial charge in [-0.15, -0.1) is 0 Å². The highest BCUT2D eigenvalue weighted by molar-refractivity contribution is 6.04. The minimum atomic E-state index is -1.39. The molecular weight excluding hydrogens is 502 g/mol. The SMILES string of the molecule is COCCCCN1C(=O)C(C)(CO)Oc2ccc(C(=O)N(C(C)C)[C@@H]3CCCN(C(=O)OC(C)(C)C)C3)cc21. The summed E-state index contributed by atoms with van der Waals surface area (Å²) in [5.74, 6) is -0.0778. The van der Waals surface area contributed by atoms with Gasteiger partial charge in [-0.25, -0.2) is 4.79 Å². The summed E-state index contributed by atoms with van der Waals surface area (Å²) in [7, 11) is 1.63. The zero-order valence-electron chi connectivity index (χ0n) is 24.5. The van der Waals surface area contributed by atoms with Gasteiger partial charge >= 0.3 is 6.09 Å². The van der Waals surface area contributed by atoms with E-state index in [4.69, 9.17) is 14.2 Å². The number of piperidine rings is 1. The van der Waals surface area contributed by atoms with E-state index in [1.165, 1.54) is 0 Å². The molecule has 3 amide bonds. The molecule has 3 rings (SSSR count). The van der Waals surface area contributed by atoms with Gasteiger partial charge in [0.1, 0.15) is 11.4 Å². The van der Waals surface area contributed by atoms with Gasteiger partial charge in [0.2, 0.25) is 5.60 Å². The number of unbranched alkanes of at least 4 members (excludes halogenated alkanes) is 1. The van der Waals surface area contributed by atoms with Crippen LogP contribution in [0.5, 0.6) is 5.75 Å². The quantitative estimate of drug-likeness (QED) is 0.468. The summed E-state index contributed by atoms with van der Waals surface area (Å²) in [5, 5.41) is 9.93. The lowest BCUT2D eigenvalue weighted by molar-refractivity contribution is -0.137. The number of methoxy groups -OCH3 is 1. The van der Waals surface area contributed by atoms with Crippen LogP contribution in [-0.4, -0.2) is 96.1 Å². The second kappa shape index (κ2) is 12.6. The number of nitrogens with zero attached hydrogens (tertiary/aromatic N) is 3. The van der Waals surface area contributed by atoms with Crippen LogP contribution < -0.4 is 9.64 Å². The number of benzene rings is 1. The Bertz CT molecular complexity index is 1040. The number of amides is 3. The van der Waals surface area contributed by atoms with Crippen LogP contribution in [0.15, 0.2) is 18.2 Å². The van der Waals surface area contributed by atoms with Crippen LogP contribution in [0.3, 0.4) is 0 Å². The molecule has 0 aromatic heterocycles. The molecule has 0 aliphatic carbocycles. The van der Waals surface area contributed by atoms with Gasteiger partial charge in [0, 0.05) is 45.0 Å². The van der Waals surface area contributed by atoms with Gasteiger partial charge in [0.05, 0.1) is 18.3 Å². The molecule has 0 bridgehead atoms. The highest BCUT2D eigenvalue weighted by atomic mass is 16.6. The molecule has 1 aromatic rings. The highest BCUT2D eigenvalue weighted by Crippen LogP contribution is 2.39. The Labute approximate surface area is 232 Å². The molecule has 1 unspecified atom stereocenters. The topological polar surface area (TPSA) is 109 Å². The Morgan fingerprint density at radius 3 is 2.59 bits per heavy atom. The van der Waals surface area contributed by atoms with Crippen molar-refractivity contribution in [3.05, 3.63) is 23.8 Å². The van der Waals surface area contributed by atoms with Crippen molar-refractivity contribution in [1.29, 1.82) is 0 Å². The molecule has 10 nitrogen and oxygen atoms in total. The molecule has 1 saturated heterocycles. The van der Waals surface area contributed by atoms with Crippen LogP contribution in [0.1, 0.15) is 77.6 Å². The van der Waals surface area contributed by atoms with Crippen molar-refractivity contribution in [3.8, 4) is 5.75 Å². The summed E-state index contributed by atoms with van der Waals surface area (Å²) in [6.07, 6.45) is 2.63. The van der Waals surface area contributed by atoms with E-state index in [2.05, 4.69) is 0 Å². The fraction of sp³-hybridized carbons (Fsp3) is 0.690. The zero-order chi connectivity index (χ0) is 29.0. The molecule has 2 heterocycles. The molecule has 1 N–H and O–H groups in total. The smallest absolute Gasteiger partial charge is 0.410 e. The van der Waals surface area contributed by atoms with Crippen molar-refractivity contribution in [2.45, 2.75) is 90.5 Å². The first-order valence-electron chi connectivity index (χ1n) is 13.9. The molecule has 1 fully saturated rings. The van der Waals surface area contributed by atoms with E-state index in [0.717, 1.165) is 19.3 Å². The number of carbonyl (C=O) groups is 3. The monoisotopic (exact) mass is 547 g/mol. The third-order valence-electron chi connectivity index (χ3n) is 7.04. The number of likely N-dealkylation sites (tertiary alicyclic amines) is 1.